The molecule has 12 heteroatoms. The fraction of sp³-hybridized carbons (Fsp3) is 0.667. The van der Waals surface area contributed by atoms with Crippen molar-refractivity contribution in [2.75, 3.05) is 24.7 Å². The molecule has 0 aliphatic carbocycles. The SMILES string of the molecule is CCOC(=O)NC(CSSCC(NC(=O)OCC)C(=O)O)C(=O)O. The van der Waals surface area contributed by atoms with Crippen LogP contribution in [-0.2, 0) is 19.1 Å². The van der Waals surface area contributed by atoms with E-state index >= 15 is 0 Å². The van der Waals surface area contributed by atoms with Crippen LogP contribution in [0.2, 0.25) is 0 Å². The highest BCUT2D eigenvalue weighted by atomic mass is 33.1. The van der Waals surface area contributed by atoms with E-state index in [4.69, 9.17) is 10.2 Å². The molecule has 10 nitrogen and oxygen atoms in total. The number of hydrogen-bond acceptors (Lipinski definition) is 8. The zero-order chi connectivity index (χ0) is 18.5. The molecule has 0 aromatic heterocycles. The van der Waals surface area contributed by atoms with Gasteiger partial charge in [0, 0.05) is 11.5 Å². The summed E-state index contributed by atoms with van der Waals surface area (Å²) in [5, 5.41) is 22.4. The molecule has 0 aliphatic rings. The summed E-state index contributed by atoms with van der Waals surface area (Å²) in [7, 11) is 2.09. The summed E-state index contributed by atoms with van der Waals surface area (Å²) in [4.78, 5) is 44.5. The summed E-state index contributed by atoms with van der Waals surface area (Å²) in [5.41, 5.74) is 0. The highest BCUT2D eigenvalue weighted by Crippen LogP contribution is 2.23. The second-order valence-electron chi connectivity index (χ2n) is 4.08. The molecule has 0 bridgehead atoms. The fourth-order valence-corrected chi connectivity index (χ4v) is 3.52. The Morgan fingerprint density at radius 1 is 0.833 bits per heavy atom. The van der Waals surface area contributed by atoms with Gasteiger partial charge in [0.2, 0.25) is 0 Å². The average molecular weight is 384 g/mol. The Labute approximate surface area is 146 Å². The van der Waals surface area contributed by atoms with Crippen molar-refractivity contribution in [2.24, 2.45) is 0 Å². The van der Waals surface area contributed by atoms with Gasteiger partial charge in [-0.15, -0.1) is 0 Å². The van der Waals surface area contributed by atoms with Gasteiger partial charge in [-0.05, 0) is 13.8 Å². The lowest BCUT2D eigenvalue weighted by atomic mass is 10.3. The molecule has 0 spiro atoms. The highest BCUT2D eigenvalue weighted by molar-refractivity contribution is 8.76. The molecule has 2 atom stereocenters. The maximum Gasteiger partial charge on any atom is 0.407 e. The van der Waals surface area contributed by atoms with Crippen LogP contribution in [0.4, 0.5) is 9.59 Å². The number of carboxylic acids is 2. The van der Waals surface area contributed by atoms with Gasteiger partial charge in [0.25, 0.3) is 0 Å². The van der Waals surface area contributed by atoms with E-state index in [0.29, 0.717) is 0 Å². The first-order chi connectivity index (χ1) is 11.3. The Morgan fingerprint density at radius 2 is 1.17 bits per heavy atom. The van der Waals surface area contributed by atoms with E-state index in [1.54, 1.807) is 13.8 Å². The number of carbonyl (C=O) groups excluding carboxylic acids is 2. The van der Waals surface area contributed by atoms with Crippen LogP contribution in [0.15, 0.2) is 0 Å². The van der Waals surface area contributed by atoms with E-state index in [1.807, 2.05) is 0 Å². The number of alkyl carbamates (subject to hydrolysis) is 2. The predicted molar refractivity (Wildman–Crippen MR) is 88.1 cm³/mol. The van der Waals surface area contributed by atoms with Crippen LogP contribution in [0.3, 0.4) is 0 Å². The molecule has 0 aromatic carbocycles. The van der Waals surface area contributed by atoms with Gasteiger partial charge in [-0.25, -0.2) is 19.2 Å². The maximum absolute atomic E-state index is 11.2. The summed E-state index contributed by atoms with van der Waals surface area (Å²) >= 11 is 0. The third kappa shape index (κ3) is 10.0. The maximum atomic E-state index is 11.2. The summed E-state index contributed by atoms with van der Waals surface area (Å²) in [5.74, 6) is -2.50. The lowest BCUT2D eigenvalue weighted by molar-refractivity contribution is -0.139. The second kappa shape index (κ2) is 12.6. The minimum absolute atomic E-state index is 0.00937. The zero-order valence-corrected chi connectivity index (χ0v) is 14.8. The number of hydrogen-bond donors (Lipinski definition) is 4. The van der Waals surface area contributed by atoms with Crippen LogP contribution in [-0.4, -0.2) is 71.1 Å². The molecule has 0 aliphatic heterocycles. The molecule has 138 valence electrons. The van der Waals surface area contributed by atoms with Crippen molar-refractivity contribution in [1.82, 2.24) is 10.6 Å². The summed E-state index contributed by atoms with van der Waals surface area (Å²) in [6.07, 6.45) is -1.69. The van der Waals surface area contributed by atoms with Crippen LogP contribution < -0.4 is 10.6 Å². The molecule has 4 N–H and O–H groups in total. The number of rotatable bonds is 11. The van der Waals surface area contributed by atoms with Gasteiger partial charge in [-0.3, -0.25) is 0 Å². The Morgan fingerprint density at radius 3 is 1.42 bits per heavy atom. The first kappa shape index (κ1) is 22.2. The number of nitrogens with one attached hydrogen (secondary N) is 2. The number of ether oxygens (including phenoxy) is 2. The highest BCUT2D eigenvalue weighted by Gasteiger charge is 2.23. The van der Waals surface area contributed by atoms with Crippen LogP contribution in [0.25, 0.3) is 0 Å². The van der Waals surface area contributed by atoms with Crippen molar-refractivity contribution in [1.29, 1.82) is 0 Å². The lowest BCUT2D eigenvalue weighted by Gasteiger charge is -2.15. The summed E-state index contributed by atoms with van der Waals surface area (Å²) < 4.78 is 9.19. The van der Waals surface area contributed by atoms with Gasteiger partial charge in [-0.2, -0.15) is 0 Å². The first-order valence-electron chi connectivity index (χ1n) is 6.88. The van der Waals surface area contributed by atoms with Crippen molar-refractivity contribution in [2.45, 2.75) is 25.9 Å². The smallest absolute Gasteiger partial charge is 0.407 e. The average Bonchev–Trinajstić information content (AvgIpc) is 2.49. The molecule has 0 radical (unpaired) electrons. The first-order valence-corrected chi connectivity index (χ1v) is 9.37. The van der Waals surface area contributed by atoms with E-state index in [9.17, 15) is 19.2 Å². The molecule has 0 saturated carbocycles. The van der Waals surface area contributed by atoms with Crippen LogP contribution in [0.5, 0.6) is 0 Å². The molecular formula is C12H20N2O8S2. The molecular weight excluding hydrogens is 364 g/mol. The molecule has 2 amide bonds. The molecule has 0 aromatic rings. The van der Waals surface area contributed by atoms with Crippen molar-refractivity contribution < 1.29 is 38.9 Å². The molecule has 0 heterocycles. The van der Waals surface area contributed by atoms with Crippen molar-refractivity contribution in [3.05, 3.63) is 0 Å². The van der Waals surface area contributed by atoms with Crippen LogP contribution in [0, 0.1) is 0 Å². The zero-order valence-electron chi connectivity index (χ0n) is 13.1. The molecule has 2 unspecified atom stereocenters. The Hall–Kier alpha value is -1.82. The minimum atomic E-state index is -1.24. The van der Waals surface area contributed by atoms with E-state index in [0.717, 1.165) is 21.6 Å². The number of carbonyl (C=O) groups is 4. The number of carboxylic acid groups (broad SMARTS) is 2. The predicted octanol–water partition coefficient (Wildman–Crippen LogP) is 0.766. The van der Waals surface area contributed by atoms with Gasteiger partial charge in [0.05, 0.1) is 13.2 Å². The molecule has 0 fully saturated rings. The second-order valence-corrected chi connectivity index (χ2v) is 6.63. The van der Waals surface area contributed by atoms with Gasteiger partial charge in [0.1, 0.15) is 12.1 Å². The van der Waals surface area contributed by atoms with Crippen molar-refractivity contribution >= 4 is 45.7 Å². The Balaban J connectivity index is 4.28. The number of amides is 2. The fourth-order valence-electron chi connectivity index (χ4n) is 1.21. The van der Waals surface area contributed by atoms with E-state index < -0.39 is 36.2 Å². The van der Waals surface area contributed by atoms with Gasteiger partial charge >= 0.3 is 24.1 Å². The van der Waals surface area contributed by atoms with E-state index in [2.05, 4.69) is 20.1 Å². The van der Waals surface area contributed by atoms with Crippen LogP contribution in [0.1, 0.15) is 13.8 Å². The molecule has 0 rings (SSSR count). The lowest BCUT2D eigenvalue weighted by Crippen LogP contribution is -2.43. The largest absolute Gasteiger partial charge is 0.480 e. The standard InChI is InChI=1S/C12H20N2O8S2/c1-3-21-11(19)13-7(9(15)16)5-23-24-6-8(10(17)18)14-12(20)22-4-2/h7-8H,3-6H2,1-2H3,(H,13,19)(H,14,20)(H,15,16)(H,17,18). The van der Waals surface area contributed by atoms with Gasteiger partial charge in [-0.1, -0.05) is 21.6 Å². The van der Waals surface area contributed by atoms with Gasteiger partial charge in [0.15, 0.2) is 0 Å². The topological polar surface area (TPSA) is 151 Å². The van der Waals surface area contributed by atoms with Crippen molar-refractivity contribution in [3.8, 4) is 0 Å². The van der Waals surface area contributed by atoms with Gasteiger partial charge < -0.3 is 30.3 Å². The van der Waals surface area contributed by atoms with Crippen LogP contribution >= 0.6 is 21.6 Å². The Kier molecular flexibility index (Phi) is 11.6. The molecule has 24 heavy (non-hydrogen) atoms. The summed E-state index contributed by atoms with van der Waals surface area (Å²) in [6.45, 7) is 3.39. The Bertz CT molecular complexity index is 409. The third-order valence-corrected chi connectivity index (χ3v) is 4.71. The quantitative estimate of drug-likeness (QED) is 0.297. The molecule has 0 saturated heterocycles. The van der Waals surface area contributed by atoms with Crippen molar-refractivity contribution in [3.63, 3.8) is 0 Å². The minimum Gasteiger partial charge on any atom is -0.480 e. The number of aliphatic carboxylic acids is 2. The third-order valence-electron chi connectivity index (χ3n) is 2.28. The monoisotopic (exact) mass is 384 g/mol. The van der Waals surface area contributed by atoms with E-state index in [-0.39, 0.29) is 24.7 Å². The van der Waals surface area contributed by atoms with E-state index in [1.165, 1.54) is 0 Å². The summed E-state index contributed by atoms with van der Waals surface area (Å²) in [6, 6.07) is -2.36. The normalized spacial score (nSPS) is 12.6.